The average Bonchev–Trinajstić information content (AvgIpc) is 2.93. The van der Waals surface area contributed by atoms with Gasteiger partial charge >= 0.3 is 0 Å². The number of aromatic nitrogens is 4. The van der Waals surface area contributed by atoms with Crippen LogP contribution in [0.2, 0.25) is 0 Å². The summed E-state index contributed by atoms with van der Waals surface area (Å²) in [6.45, 7) is 4.76. The molecule has 0 spiro atoms. The van der Waals surface area contributed by atoms with Crippen LogP contribution in [0.1, 0.15) is 19.7 Å². The Kier molecular flexibility index (Phi) is 4.59. The van der Waals surface area contributed by atoms with Crippen molar-refractivity contribution in [3.05, 3.63) is 36.2 Å². The number of nitrogens with zero attached hydrogens (tertiary/aromatic N) is 4. The van der Waals surface area contributed by atoms with E-state index < -0.39 is 0 Å². The third-order valence-electron chi connectivity index (χ3n) is 3.26. The van der Waals surface area contributed by atoms with Crippen molar-refractivity contribution < 1.29 is 5.11 Å². The van der Waals surface area contributed by atoms with Crippen LogP contribution in [0.15, 0.2) is 30.3 Å². The molecule has 0 aliphatic rings. The summed E-state index contributed by atoms with van der Waals surface area (Å²) >= 11 is 0. The zero-order chi connectivity index (χ0) is 13.7. The van der Waals surface area contributed by atoms with Crippen LogP contribution in [-0.2, 0) is 6.54 Å². The van der Waals surface area contributed by atoms with Crippen molar-refractivity contribution in [2.45, 2.75) is 26.4 Å². The van der Waals surface area contributed by atoms with Gasteiger partial charge in [-0.15, -0.1) is 5.10 Å². The van der Waals surface area contributed by atoms with Gasteiger partial charge in [0, 0.05) is 12.6 Å². The fraction of sp³-hybridized carbons (Fsp3) is 0.462. The van der Waals surface area contributed by atoms with Crippen LogP contribution >= 0.6 is 0 Å². The van der Waals surface area contributed by atoms with Gasteiger partial charge in [0.1, 0.15) is 0 Å². The summed E-state index contributed by atoms with van der Waals surface area (Å²) in [6.07, 6.45) is 0. The molecule has 6 nitrogen and oxygen atoms in total. The molecule has 1 aromatic heterocycles. The molecule has 0 saturated heterocycles. The molecule has 2 rings (SSSR count). The zero-order valence-corrected chi connectivity index (χ0v) is 11.2. The zero-order valence-electron chi connectivity index (χ0n) is 11.2. The molecule has 2 unspecified atom stereocenters. The molecule has 102 valence electrons. The van der Waals surface area contributed by atoms with Crippen molar-refractivity contribution in [1.82, 2.24) is 25.5 Å². The fourth-order valence-electron chi connectivity index (χ4n) is 1.70. The highest BCUT2D eigenvalue weighted by atomic mass is 16.3. The van der Waals surface area contributed by atoms with E-state index in [1.54, 1.807) is 4.68 Å². The summed E-state index contributed by atoms with van der Waals surface area (Å²) < 4.78 is 1.71. The first-order valence-electron chi connectivity index (χ1n) is 6.39. The van der Waals surface area contributed by atoms with Crippen LogP contribution in [0.25, 0.3) is 5.69 Å². The first-order chi connectivity index (χ1) is 9.22. The number of tetrazole rings is 1. The second kappa shape index (κ2) is 6.40. The molecule has 0 aliphatic carbocycles. The summed E-state index contributed by atoms with van der Waals surface area (Å²) in [5.74, 6) is 0.948. The van der Waals surface area contributed by atoms with Crippen molar-refractivity contribution in [2.24, 2.45) is 5.92 Å². The SMILES string of the molecule is CC(CO)C(C)NCc1nnnn1-c1ccccc1. The molecule has 0 saturated carbocycles. The molecule has 0 amide bonds. The summed E-state index contributed by atoms with van der Waals surface area (Å²) in [5, 5.41) is 24.2. The average molecular weight is 261 g/mol. The minimum atomic E-state index is 0.164. The van der Waals surface area contributed by atoms with E-state index in [2.05, 4.69) is 20.8 Å². The van der Waals surface area contributed by atoms with E-state index in [0.29, 0.717) is 6.54 Å². The van der Waals surface area contributed by atoms with Crippen LogP contribution in [0.5, 0.6) is 0 Å². The van der Waals surface area contributed by atoms with E-state index in [1.807, 2.05) is 44.2 Å². The van der Waals surface area contributed by atoms with Gasteiger partial charge in [-0.05, 0) is 35.4 Å². The summed E-state index contributed by atoms with van der Waals surface area (Å²) in [7, 11) is 0. The van der Waals surface area contributed by atoms with E-state index >= 15 is 0 Å². The molecule has 1 heterocycles. The Morgan fingerprint density at radius 1 is 1.26 bits per heavy atom. The second-order valence-corrected chi connectivity index (χ2v) is 4.67. The third kappa shape index (κ3) is 3.36. The number of benzene rings is 1. The molecule has 6 heteroatoms. The second-order valence-electron chi connectivity index (χ2n) is 4.67. The lowest BCUT2D eigenvalue weighted by molar-refractivity contribution is 0.206. The number of hydrogen-bond acceptors (Lipinski definition) is 5. The Bertz CT molecular complexity index is 499. The van der Waals surface area contributed by atoms with Crippen LogP contribution in [0.4, 0.5) is 0 Å². The first-order valence-corrected chi connectivity index (χ1v) is 6.39. The maximum absolute atomic E-state index is 9.11. The van der Waals surface area contributed by atoms with E-state index in [4.69, 9.17) is 5.11 Å². The minimum absolute atomic E-state index is 0.164. The van der Waals surface area contributed by atoms with Gasteiger partial charge in [-0.3, -0.25) is 0 Å². The maximum atomic E-state index is 9.11. The van der Waals surface area contributed by atoms with Gasteiger partial charge in [0.25, 0.3) is 0 Å². The molecule has 2 N–H and O–H groups in total. The molecule has 0 bridgehead atoms. The predicted molar refractivity (Wildman–Crippen MR) is 71.7 cm³/mol. The smallest absolute Gasteiger partial charge is 0.170 e. The van der Waals surface area contributed by atoms with Crippen molar-refractivity contribution in [2.75, 3.05) is 6.61 Å². The molecule has 2 aromatic rings. The van der Waals surface area contributed by atoms with Gasteiger partial charge < -0.3 is 10.4 Å². The summed E-state index contributed by atoms with van der Waals surface area (Å²) in [5.41, 5.74) is 0.937. The number of aliphatic hydroxyl groups is 1. The Hall–Kier alpha value is -1.79. The van der Waals surface area contributed by atoms with Gasteiger partial charge in [-0.1, -0.05) is 25.1 Å². The number of aliphatic hydroxyl groups excluding tert-OH is 1. The normalized spacial score (nSPS) is 14.3. The molecule has 0 fully saturated rings. The van der Waals surface area contributed by atoms with Crippen molar-refractivity contribution in [3.8, 4) is 5.69 Å². The van der Waals surface area contributed by atoms with Crippen molar-refractivity contribution in [1.29, 1.82) is 0 Å². The Balaban J connectivity index is 2.05. The molecular formula is C13H19N5O. The minimum Gasteiger partial charge on any atom is -0.396 e. The molecule has 19 heavy (non-hydrogen) atoms. The van der Waals surface area contributed by atoms with Gasteiger partial charge in [0.2, 0.25) is 0 Å². The van der Waals surface area contributed by atoms with Gasteiger partial charge in [-0.25, -0.2) is 0 Å². The highest BCUT2D eigenvalue weighted by Gasteiger charge is 2.13. The van der Waals surface area contributed by atoms with Crippen molar-refractivity contribution >= 4 is 0 Å². The van der Waals surface area contributed by atoms with E-state index in [9.17, 15) is 0 Å². The van der Waals surface area contributed by atoms with E-state index in [1.165, 1.54) is 0 Å². The highest BCUT2D eigenvalue weighted by Crippen LogP contribution is 2.08. The van der Waals surface area contributed by atoms with Crippen LogP contribution < -0.4 is 5.32 Å². The lowest BCUT2D eigenvalue weighted by Gasteiger charge is -2.18. The van der Waals surface area contributed by atoms with Crippen LogP contribution in [0, 0.1) is 5.92 Å². The lowest BCUT2D eigenvalue weighted by atomic mass is 10.1. The largest absolute Gasteiger partial charge is 0.396 e. The number of rotatable bonds is 6. The van der Waals surface area contributed by atoms with Gasteiger partial charge in [0.15, 0.2) is 5.82 Å². The van der Waals surface area contributed by atoms with Gasteiger partial charge in [0.05, 0.1) is 12.2 Å². The standard InChI is InChI=1S/C13H19N5O/c1-10(9-19)11(2)14-8-13-15-16-17-18(13)12-6-4-3-5-7-12/h3-7,10-11,14,19H,8-9H2,1-2H3. The van der Waals surface area contributed by atoms with Crippen molar-refractivity contribution in [3.63, 3.8) is 0 Å². The number of para-hydroxylation sites is 1. The van der Waals surface area contributed by atoms with E-state index in [0.717, 1.165) is 11.5 Å². The van der Waals surface area contributed by atoms with Gasteiger partial charge in [-0.2, -0.15) is 4.68 Å². The van der Waals surface area contributed by atoms with E-state index in [-0.39, 0.29) is 18.6 Å². The third-order valence-corrected chi connectivity index (χ3v) is 3.26. The first kappa shape index (κ1) is 13.6. The van der Waals surface area contributed by atoms with Crippen LogP contribution in [0.3, 0.4) is 0 Å². The Labute approximate surface area is 112 Å². The monoisotopic (exact) mass is 261 g/mol. The Morgan fingerprint density at radius 2 is 2.00 bits per heavy atom. The topological polar surface area (TPSA) is 75.9 Å². The Morgan fingerprint density at radius 3 is 2.68 bits per heavy atom. The molecular weight excluding hydrogens is 242 g/mol. The summed E-state index contributed by atoms with van der Waals surface area (Å²) in [4.78, 5) is 0. The number of nitrogens with one attached hydrogen (secondary N) is 1. The molecule has 1 aromatic carbocycles. The molecule has 2 atom stereocenters. The molecule has 0 aliphatic heterocycles. The lowest BCUT2D eigenvalue weighted by Crippen LogP contribution is -2.34. The predicted octanol–water partition coefficient (Wildman–Crippen LogP) is 0.769. The van der Waals surface area contributed by atoms with Crippen LogP contribution in [-0.4, -0.2) is 38.0 Å². The highest BCUT2D eigenvalue weighted by molar-refractivity contribution is 5.30. The summed E-state index contributed by atoms with van der Waals surface area (Å²) in [6, 6.07) is 9.97. The fourth-order valence-corrected chi connectivity index (χ4v) is 1.70. The maximum Gasteiger partial charge on any atom is 0.170 e. The molecule has 0 radical (unpaired) electrons. The quantitative estimate of drug-likeness (QED) is 0.803. The number of hydrogen-bond donors (Lipinski definition) is 2.